The smallest absolute Gasteiger partial charge is 0.336 e. The molecule has 2 N–H and O–H groups in total. The normalized spacial score (nSPS) is 13.7. The second-order valence-electron chi connectivity index (χ2n) is 8.59. The first kappa shape index (κ1) is 24.0. The quantitative estimate of drug-likeness (QED) is 0.395. The maximum absolute atomic E-state index is 12.4. The molecule has 1 saturated heterocycles. The SMILES string of the molecule is O=C(COc1ccccc1)Nc1ccc2nc(N3CCCN(c4ncccn4)CC3)cc(C(=O)O)c2c1. The van der Waals surface area contributed by atoms with Crippen LogP contribution in [-0.4, -0.2) is 64.7 Å². The molecule has 0 saturated carbocycles. The lowest BCUT2D eigenvalue weighted by Gasteiger charge is -2.23. The molecule has 0 unspecified atom stereocenters. The van der Waals surface area contributed by atoms with Crippen molar-refractivity contribution in [1.29, 1.82) is 0 Å². The molecule has 1 aliphatic heterocycles. The van der Waals surface area contributed by atoms with E-state index in [1.54, 1.807) is 54.9 Å². The highest BCUT2D eigenvalue weighted by molar-refractivity contribution is 6.05. The van der Waals surface area contributed by atoms with Gasteiger partial charge in [0.1, 0.15) is 11.6 Å². The van der Waals surface area contributed by atoms with Crippen LogP contribution in [0.1, 0.15) is 16.8 Å². The number of benzene rings is 2. The predicted molar refractivity (Wildman–Crippen MR) is 140 cm³/mol. The Morgan fingerprint density at radius 1 is 0.919 bits per heavy atom. The van der Waals surface area contributed by atoms with Gasteiger partial charge >= 0.3 is 5.97 Å². The molecule has 188 valence electrons. The number of carboxylic acids is 1. The van der Waals surface area contributed by atoms with E-state index in [1.807, 2.05) is 18.2 Å². The minimum absolute atomic E-state index is 0.129. The highest BCUT2D eigenvalue weighted by Gasteiger charge is 2.21. The van der Waals surface area contributed by atoms with Crippen molar-refractivity contribution in [2.75, 3.05) is 47.9 Å². The molecular weight excluding hydrogens is 472 g/mol. The van der Waals surface area contributed by atoms with Crippen molar-refractivity contribution in [3.8, 4) is 5.75 Å². The number of hydrogen-bond acceptors (Lipinski definition) is 8. The van der Waals surface area contributed by atoms with Crippen LogP contribution in [0.25, 0.3) is 10.9 Å². The van der Waals surface area contributed by atoms with Gasteiger partial charge in [0, 0.05) is 49.6 Å². The van der Waals surface area contributed by atoms with Gasteiger partial charge in [-0.2, -0.15) is 0 Å². The fraction of sp³-hybridized carbons (Fsp3) is 0.222. The van der Waals surface area contributed by atoms with E-state index >= 15 is 0 Å². The van der Waals surface area contributed by atoms with Crippen LogP contribution in [0.15, 0.2) is 73.1 Å². The standard InChI is InChI=1S/C27H26N6O4/c34-25(18-37-20-6-2-1-3-7-20)30-19-8-9-23-21(16-19)22(26(35)36)17-24(31-23)32-12-5-13-33(15-14-32)27-28-10-4-11-29-27/h1-4,6-11,16-17H,5,12-15,18H2,(H,30,34)(H,35,36). The van der Waals surface area contributed by atoms with E-state index in [-0.39, 0.29) is 18.1 Å². The molecule has 10 heteroatoms. The van der Waals surface area contributed by atoms with Gasteiger partial charge in [-0.15, -0.1) is 0 Å². The highest BCUT2D eigenvalue weighted by Crippen LogP contribution is 2.27. The van der Waals surface area contributed by atoms with Crippen molar-refractivity contribution in [2.24, 2.45) is 0 Å². The van der Waals surface area contributed by atoms with Crippen LogP contribution in [0.3, 0.4) is 0 Å². The van der Waals surface area contributed by atoms with Crippen molar-refractivity contribution in [2.45, 2.75) is 6.42 Å². The van der Waals surface area contributed by atoms with Crippen LogP contribution >= 0.6 is 0 Å². The Kier molecular flexibility index (Phi) is 7.07. The van der Waals surface area contributed by atoms with Gasteiger partial charge in [-0.25, -0.2) is 19.7 Å². The summed E-state index contributed by atoms with van der Waals surface area (Å²) in [6, 6.07) is 17.5. The Bertz CT molecular complexity index is 1400. The minimum Gasteiger partial charge on any atom is -0.484 e. The molecule has 37 heavy (non-hydrogen) atoms. The highest BCUT2D eigenvalue weighted by atomic mass is 16.5. The molecule has 4 aromatic rings. The van der Waals surface area contributed by atoms with Crippen molar-refractivity contribution >= 4 is 40.2 Å². The van der Waals surface area contributed by atoms with Gasteiger partial charge in [-0.3, -0.25) is 4.79 Å². The average molecular weight is 499 g/mol. The van der Waals surface area contributed by atoms with Gasteiger partial charge in [-0.1, -0.05) is 18.2 Å². The lowest BCUT2D eigenvalue weighted by molar-refractivity contribution is -0.118. The average Bonchev–Trinajstić information content (AvgIpc) is 3.19. The lowest BCUT2D eigenvalue weighted by atomic mass is 10.1. The Hall–Kier alpha value is -4.73. The number of carbonyl (C=O) groups excluding carboxylic acids is 1. The van der Waals surface area contributed by atoms with Crippen molar-refractivity contribution in [3.05, 3.63) is 78.6 Å². The number of aromatic nitrogens is 3. The predicted octanol–water partition coefficient (Wildman–Crippen LogP) is 3.46. The molecule has 1 aliphatic rings. The Balaban J connectivity index is 1.32. The molecule has 0 bridgehead atoms. The number of rotatable bonds is 7. The van der Waals surface area contributed by atoms with E-state index in [2.05, 4.69) is 25.1 Å². The fourth-order valence-corrected chi connectivity index (χ4v) is 4.29. The largest absolute Gasteiger partial charge is 0.484 e. The third-order valence-corrected chi connectivity index (χ3v) is 6.08. The molecule has 0 radical (unpaired) electrons. The molecule has 3 heterocycles. The van der Waals surface area contributed by atoms with Crippen molar-refractivity contribution < 1.29 is 19.4 Å². The lowest BCUT2D eigenvalue weighted by Crippen LogP contribution is -2.32. The topological polar surface area (TPSA) is 121 Å². The molecular formula is C27H26N6O4. The van der Waals surface area contributed by atoms with Gasteiger partial charge in [0.05, 0.1) is 11.1 Å². The zero-order valence-electron chi connectivity index (χ0n) is 20.1. The number of para-hydroxylation sites is 1. The van der Waals surface area contributed by atoms with Crippen LogP contribution in [0.4, 0.5) is 17.5 Å². The molecule has 2 aromatic carbocycles. The molecule has 0 atom stereocenters. The van der Waals surface area contributed by atoms with Gasteiger partial charge in [0.25, 0.3) is 5.91 Å². The van der Waals surface area contributed by atoms with Crippen LogP contribution < -0.4 is 19.9 Å². The van der Waals surface area contributed by atoms with Crippen LogP contribution in [0, 0.1) is 0 Å². The maximum Gasteiger partial charge on any atom is 0.336 e. The first-order valence-corrected chi connectivity index (χ1v) is 12.0. The number of hydrogen-bond donors (Lipinski definition) is 2. The van der Waals surface area contributed by atoms with Gasteiger partial charge < -0.3 is 25.0 Å². The summed E-state index contributed by atoms with van der Waals surface area (Å²) in [4.78, 5) is 42.2. The molecule has 0 aliphatic carbocycles. The molecule has 2 aromatic heterocycles. The first-order chi connectivity index (χ1) is 18.1. The number of aromatic carboxylic acids is 1. The number of pyridine rings is 1. The number of carbonyl (C=O) groups is 2. The van der Waals surface area contributed by atoms with Gasteiger partial charge in [0.2, 0.25) is 5.95 Å². The van der Waals surface area contributed by atoms with Crippen LogP contribution in [0.2, 0.25) is 0 Å². The summed E-state index contributed by atoms with van der Waals surface area (Å²) >= 11 is 0. The zero-order chi connectivity index (χ0) is 25.6. The Morgan fingerprint density at radius 2 is 1.68 bits per heavy atom. The Labute approximate surface area is 213 Å². The summed E-state index contributed by atoms with van der Waals surface area (Å²) in [6.45, 7) is 2.73. The monoisotopic (exact) mass is 498 g/mol. The molecule has 0 spiro atoms. The summed E-state index contributed by atoms with van der Waals surface area (Å²) in [5.41, 5.74) is 1.14. The summed E-state index contributed by atoms with van der Waals surface area (Å²) in [6.07, 6.45) is 4.31. The van der Waals surface area contributed by atoms with Gasteiger partial charge in [0.15, 0.2) is 6.61 Å². The summed E-state index contributed by atoms with van der Waals surface area (Å²) in [7, 11) is 0. The number of ether oxygens (including phenoxy) is 1. The van der Waals surface area contributed by atoms with Crippen LogP contribution in [-0.2, 0) is 4.79 Å². The van der Waals surface area contributed by atoms with Gasteiger partial charge in [-0.05, 0) is 48.9 Å². The summed E-state index contributed by atoms with van der Waals surface area (Å²) in [5, 5.41) is 13.2. The number of nitrogens with zero attached hydrogens (tertiary/aromatic N) is 5. The fourth-order valence-electron chi connectivity index (χ4n) is 4.29. The maximum atomic E-state index is 12.4. The molecule has 10 nitrogen and oxygen atoms in total. The van der Waals surface area contributed by atoms with E-state index < -0.39 is 5.97 Å². The zero-order valence-corrected chi connectivity index (χ0v) is 20.1. The van der Waals surface area contributed by atoms with E-state index in [0.717, 1.165) is 19.5 Å². The van der Waals surface area contributed by atoms with E-state index in [0.29, 0.717) is 47.2 Å². The van der Waals surface area contributed by atoms with Crippen molar-refractivity contribution in [1.82, 2.24) is 15.0 Å². The third kappa shape index (κ3) is 5.75. The number of carboxylic acid groups (broad SMARTS) is 1. The minimum atomic E-state index is -1.06. The van der Waals surface area contributed by atoms with E-state index in [1.165, 1.54) is 0 Å². The van der Waals surface area contributed by atoms with Crippen molar-refractivity contribution in [3.63, 3.8) is 0 Å². The number of amides is 1. The Morgan fingerprint density at radius 3 is 2.46 bits per heavy atom. The van der Waals surface area contributed by atoms with E-state index in [9.17, 15) is 14.7 Å². The second-order valence-corrected chi connectivity index (χ2v) is 8.59. The number of fused-ring (bicyclic) bond motifs is 1. The first-order valence-electron chi connectivity index (χ1n) is 12.0. The molecule has 5 rings (SSSR count). The third-order valence-electron chi connectivity index (χ3n) is 6.08. The summed E-state index contributed by atoms with van der Waals surface area (Å²) in [5.74, 6) is 0.480. The number of anilines is 3. The van der Waals surface area contributed by atoms with Crippen LogP contribution in [0.5, 0.6) is 5.75 Å². The molecule has 1 fully saturated rings. The summed E-state index contributed by atoms with van der Waals surface area (Å²) < 4.78 is 5.48. The number of nitrogens with one attached hydrogen (secondary N) is 1. The van der Waals surface area contributed by atoms with E-state index in [4.69, 9.17) is 9.72 Å². The second kappa shape index (κ2) is 10.9. The molecule has 1 amide bonds.